The van der Waals surface area contributed by atoms with Gasteiger partial charge in [-0.05, 0) is 38.8 Å². The molecule has 0 atom stereocenters. The first-order chi connectivity index (χ1) is 20.0. The average molecular weight is 595 g/mol. The van der Waals surface area contributed by atoms with E-state index in [0.717, 1.165) is 60.1 Å². The Balaban J connectivity index is 0.000000168. The molecule has 0 unspecified atom stereocenters. The van der Waals surface area contributed by atoms with Crippen LogP contribution in [0.2, 0.25) is 0 Å². The summed E-state index contributed by atoms with van der Waals surface area (Å²) >= 11 is 5.39. The van der Waals surface area contributed by atoms with Crippen LogP contribution >= 0.6 is 12.2 Å². The third-order valence-corrected chi connectivity index (χ3v) is 8.43. The molecule has 224 valence electrons. The zero-order valence-corrected chi connectivity index (χ0v) is 25.5. The second kappa shape index (κ2) is 12.2. The Morgan fingerprint density at radius 3 is 1.60 bits per heavy atom. The Kier molecular flexibility index (Phi) is 8.74. The quantitative estimate of drug-likeness (QED) is 0.498. The van der Waals surface area contributed by atoms with Crippen LogP contribution in [0.5, 0.6) is 0 Å². The van der Waals surface area contributed by atoms with E-state index in [1.54, 1.807) is 0 Å². The van der Waals surface area contributed by atoms with Crippen LogP contribution in [0.1, 0.15) is 61.1 Å². The van der Waals surface area contributed by atoms with Crippen LogP contribution < -0.4 is 15.4 Å². The fourth-order valence-corrected chi connectivity index (χ4v) is 6.16. The number of anilines is 2. The number of fused-ring (bicyclic) bond motifs is 2. The molecule has 0 amide bonds. The predicted molar refractivity (Wildman–Crippen MR) is 159 cm³/mol. The van der Waals surface area contributed by atoms with E-state index in [0.29, 0.717) is 62.7 Å². The van der Waals surface area contributed by atoms with E-state index in [1.165, 1.54) is 0 Å². The number of H-pyrrole nitrogens is 2. The van der Waals surface area contributed by atoms with Gasteiger partial charge in [0.2, 0.25) is 0 Å². The molecule has 6 heterocycles. The van der Waals surface area contributed by atoms with Gasteiger partial charge in [0.15, 0.2) is 0 Å². The van der Waals surface area contributed by atoms with Gasteiger partial charge in [0.25, 0.3) is 5.56 Å². The number of pyridine rings is 2. The normalized spacial score (nSPS) is 20.7. The van der Waals surface area contributed by atoms with Gasteiger partial charge in [-0.25, -0.2) is 0 Å². The van der Waals surface area contributed by atoms with Crippen LogP contribution in [0.4, 0.5) is 11.6 Å². The van der Waals surface area contributed by atoms with E-state index in [1.807, 2.05) is 33.8 Å². The summed E-state index contributed by atoms with van der Waals surface area (Å²) in [5.74, 6) is 1.78. The SMILES string of the molecule is CC1(C)Cc2c(c(N3CCOCC3)[nH]c(=O)c2C#N)CO1.CC1(C)Cc2c(c(N3CCOCC3)[nH]c(=S)c2C#N)CO1. The summed E-state index contributed by atoms with van der Waals surface area (Å²) in [5.41, 5.74) is 3.77. The highest BCUT2D eigenvalue weighted by Crippen LogP contribution is 2.36. The molecule has 0 spiro atoms. The van der Waals surface area contributed by atoms with Crippen molar-refractivity contribution in [1.29, 1.82) is 10.5 Å². The molecule has 0 saturated carbocycles. The first kappa shape index (κ1) is 30.2. The second-order valence-corrected chi connectivity index (χ2v) is 12.6. The molecule has 0 bridgehead atoms. The fraction of sp³-hybridized carbons (Fsp3) is 0.600. The number of nitriles is 2. The van der Waals surface area contributed by atoms with E-state index < -0.39 is 0 Å². The van der Waals surface area contributed by atoms with Crippen molar-refractivity contribution in [3.63, 3.8) is 0 Å². The van der Waals surface area contributed by atoms with Crippen molar-refractivity contribution in [2.75, 3.05) is 62.4 Å². The topological polar surface area (TPSA) is 140 Å². The van der Waals surface area contributed by atoms with Gasteiger partial charge in [-0.3, -0.25) is 4.79 Å². The molecule has 0 aliphatic carbocycles. The Hall–Kier alpha value is -3.26. The van der Waals surface area contributed by atoms with Crippen molar-refractivity contribution in [3.8, 4) is 12.1 Å². The van der Waals surface area contributed by atoms with Gasteiger partial charge >= 0.3 is 0 Å². The highest BCUT2D eigenvalue weighted by Gasteiger charge is 2.33. The molecule has 11 nitrogen and oxygen atoms in total. The Morgan fingerprint density at radius 1 is 0.714 bits per heavy atom. The minimum atomic E-state index is -0.353. The predicted octanol–water partition coefficient (Wildman–Crippen LogP) is 3.24. The van der Waals surface area contributed by atoms with E-state index in [9.17, 15) is 15.3 Å². The Labute approximate surface area is 250 Å². The number of nitrogens with zero attached hydrogens (tertiary/aromatic N) is 4. The summed E-state index contributed by atoms with van der Waals surface area (Å²) < 4.78 is 23.1. The highest BCUT2D eigenvalue weighted by atomic mass is 32.1. The number of hydrogen-bond donors (Lipinski definition) is 2. The molecule has 2 saturated heterocycles. The number of aromatic nitrogens is 2. The first-order valence-electron chi connectivity index (χ1n) is 14.3. The van der Waals surface area contributed by atoms with Crippen LogP contribution in [0, 0.1) is 27.3 Å². The monoisotopic (exact) mass is 594 g/mol. The van der Waals surface area contributed by atoms with Gasteiger partial charge in [-0.15, -0.1) is 0 Å². The van der Waals surface area contributed by atoms with Gasteiger partial charge in [0.1, 0.15) is 34.0 Å². The molecule has 2 fully saturated rings. The molecule has 2 N–H and O–H groups in total. The maximum Gasteiger partial charge on any atom is 0.267 e. The lowest BCUT2D eigenvalue weighted by molar-refractivity contribution is -0.0404. The number of rotatable bonds is 2. The molecule has 0 aromatic carbocycles. The molecule has 4 aliphatic heterocycles. The van der Waals surface area contributed by atoms with E-state index >= 15 is 0 Å². The van der Waals surface area contributed by atoms with Crippen LogP contribution in [0.3, 0.4) is 0 Å². The Bertz CT molecular complexity index is 1420. The summed E-state index contributed by atoms with van der Waals surface area (Å²) in [4.78, 5) is 22.7. The van der Waals surface area contributed by atoms with Crippen LogP contribution in [-0.2, 0) is 45.0 Å². The lowest BCUT2D eigenvalue weighted by Gasteiger charge is -2.36. The largest absolute Gasteiger partial charge is 0.378 e. The summed E-state index contributed by atoms with van der Waals surface area (Å²) in [7, 11) is 0. The molecular weight excluding hydrogens is 556 g/mol. The molecule has 2 aromatic rings. The number of ether oxygens (including phenoxy) is 4. The second-order valence-electron chi connectivity index (χ2n) is 12.1. The van der Waals surface area contributed by atoms with Crippen molar-refractivity contribution in [2.24, 2.45) is 0 Å². The molecule has 42 heavy (non-hydrogen) atoms. The molecule has 6 rings (SSSR count). The van der Waals surface area contributed by atoms with Crippen molar-refractivity contribution in [2.45, 2.75) is 65.0 Å². The third-order valence-electron chi connectivity index (χ3n) is 8.12. The lowest BCUT2D eigenvalue weighted by Crippen LogP contribution is -2.41. The zero-order valence-electron chi connectivity index (χ0n) is 24.7. The molecule has 4 aliphatic rings. The number of aromatic amines is 2. The Morgan fingerprint density at radius 2 is 1.14 bits per heavy atom. The summed E-state index contributed by atoms with van der Waals surface area (Å²) in [6, 6.07) is 4.31. The van der Waals surface area contributed by atoms with Gasteiger partial charge in [-0.2, -0.15) is 10.5 Å². The van der Waals surface area contributed by atoms with Gasteiger partial charge in [0, 0.05) is 50.1 Å². The molecular formula is C30H38N6O5S. The zero-order chi connectivity index (χ0) is 30.1. The van der Waals surface area contributed by atoms with E-state index in [-0.39, 0.29) is 22.3 Å². The lowest BCUT2D eigenvalue weighted by atomic mass is 9.89. The van der Waals surface area contributed by atoms with Crippen molar-refractivity contribution >= 4 is 23.9 Å². The summed E-state index contributed by atoms with van der Waals surface area (Å²) in [6.07, 6.45) is 1.29. The smallest absolute Gasteiger partial charge is 0.267 e. The van der Waals surface area contributed by atoms with E-state index in [4.69, 9.17) is 31.2 Å². The maximum atomic E-state index is 12.2. The number of hydrogen-bond acceptors (Lipinski definition) is 10. The first-order valence-corrected chi connectivity index (χ1v) is 14.7. The minimum absolute atomic E-state index is 0.221. The summed E-state index contributed by atoms with van der Waals surface area (Å²) in [6.45, 7) is 14.8. The molecule has 2 aromatic heterocycles. The summed E-state index contributed by atoms with van der Waals surface area (Å²) in [5, 5.41) is 18.7. The average Bonchev–Trinajstić information content (AvgIpc) is 2.96. The fourth-order valence-electron chi connectivity index (χ4n) is 5.89. The minimum Gasteiger partial charge on any atom is -0.378 e. The van der Waals surface area contributed by atoms with Crippen LogP contribution in [0.15, 0.2) is 4.79 Å². The van der Waals surface area contributed by atoms with Crippen molar-refractivity contribution in [1.82, 2.24) is 9.97 Å². The van der Waals surface area contributed by atoms with Crippen molar-refractivity contribution in [3.05, 3.63) is 48.4 Å². The maximum absolute atomic E-state index is 12.2. The number of nitrogens with one attached hydrogen (secondary N) is 2. The number of morpholine rings is 2. The van der Waals surface area contributed by atoms with Gasteiger partial charge in [-0.1, -0.05) is 12.2 Å². The van der Waals surface area contributed by atoms with Gasteiger partial charge in [0.05, 0.1) is 56.4 Å². The molecule has 12 heteroatoms. The van der Waals surface area contributed by atoms with Crippen LogP contribution in [0.25, 0.3) is 0 Å². The van der Waals surface area contributed by atoms with Gasteiger partial charge < -0.3 is 38.7 Å². The van der Waals surface area contributed by atoms with E-state index in [2.05, 4.69) is 25.8 Å². The third kappa shape index (κ3) is 6.24. The van der Waals surface area contributed by atoms with Crippen LogP contribution in [-0.4, -0.2) is 73.8 Å². The van der Waals surface area contributed by atoms with Crippen molar-refractivity contribution < 1.29 is 18.9 Å². The standard InChI is InChI=1S/C15H19N3O3.C15H19N3O2S/c1-15(2)7-10-11(8-16)14(19)17-13(12(10)9-21-15)18-3-5-20-6-4-18;1-15(2)7-10-11(8-16)14(21)17-13(12(10)9-20-15)18-3-5-19-6-4-18/h3-7,9H2,1-2H3,(H,17,19);3-7,9H2,1-2H3,(H,17,21). The highest BCUT2D eigenvalue weighted by molar-refractivity contribution is 7.71. The molecule has 0 radical (unpaired) electrons.